The predicted molar refractivity (Wildman–Crippen MR) is 106 cm³/mol. The number of benzene rings is 3. The molecule has 27 heavy (non-hydrogen) atoms. The van der Waals surface area contributed by atoms with Crippen molar-refractivity contribution in [1.82, 2.24) is 0 Å². The summed E-state index contributed by atoms with van der Waals surface area (Å²) in [5.74, 6) is 0.328. The summed E-state index contributed by atoms with van der Waals surface area (Å²) in [5, 5.41) is 15.4. The first-order valence-electron chi connectivity index (χ1n) is 8.18. The molecule has 3 aromatic carbocycles. The maximum absolute atomic E-state index is 12.0. The molecule has 0 atom stereocenters. The van der Waals surface area contributed by atoms with Gasteiger partial charge in [-0.25, -0.2) is 0 Å². The molecule has 0 aliphatic rings. The molecule has 6 heteroatoms. The van der Waals surface area contributed by atoms with Gasteiger partial charge in [0.1, 0.15) is 5.75 Å². The second kappa shape index (κ2) is 8.75. The number of carbonyl (C=O) groups is 1. The molecule has 0 unspecified atom stereocenters. The number of halogens is 1. The van der Waals surface area contributed by atoms with Crippen molar-refractivity contribution < 1.29 is 9.53 Å². The minimum absolute atomic E-state index is 0.0904. The zero-order valence-electron chi connectivity index (χ0n) is 14.3. The number of carbonyl (C=O) groups excluding carboxylic acids is 1. The van der Waals surface area contributed by atoms with Gasteiger partial charge in [-0.15, -0.1) is 0 Å². The SMILES string of the molecule is N#Cc1ccc(Nc2ccc(NC(=O)COc3ccc(Cl)cc3)cc2)cc1. The number of nitrogens with one attached hydrogen (secondary N) is 2. The lowest BCUT2D eigenvalue weighted by Crippen LogP contribution is -2.20. The van der Waals surface area contributed by atoms with Crippen molar-refractivity contribution in [3.05, 3.63) is 83.4 Å². The maximum atomic E-state index is 12.0. The molecular weight excluding hydrogens is 362 g/mol. The van der Waals surface area contributed by atoms with E-state index in [9.17, 15) is 4.79 Å². The van der Waals surface area contributed by atoms with Crippen LogP contribution in [0.15, 0.2) is 72.8 Å². The van der Waals surface area contributed by atoms with Crippen LogP contribution < -0.4 is 15.4 Å². The van der Waals surface area contributed by atoms with Crippen LogP contribution in [0.5, 0.6) is 5.75 Å². The molecule has 0 saturated carbocycles. The molecule has 5 nitrogen and oxygen atoms in total. The Morgan fingerprint density at radius 2 is 1.44 bits per heavy atom. The van der Waals surface area contributed by atoms with Crippen LogP contribution in [-0.4, -0.2) is 12.5 Å². The van der Waals surface area contributed by atoms with Crippen molar-refractivity contribution in [2.75, 3.05) is 17.2 Å². The molecule has 0 spiro atoms. The fourth-order valence-electron chi connectivity index (χ4n) is 2.31. The van der Waals surface area contributed by atoms with Crippen molar-refractivity contribution in [3.8, 4) is 11.8 Å². The van der Waals surface area contributed by atoms with Gasteiger partial charge in [-0.05, 0) is 72.8 Å². The Morgan fingerprint density at radius 3 is 2.04 bits per heavy atom. The fourth-order valence-corrected chi connectivity index (χ4v) is 2.43. The number of anilines is 3. The Labute approximate surface area is 162 Å². The first kappa shape index (κ1) is 18.3. The number of nitrogens with zero attached hydrogens (tertiary/aromatic N) is 1. The first-order chi connectivity index (χ1) is 13.1. The minimum Gasteiger partial charge on any atom is -0.484 e. The summed E-state index contributed by atoms with van der Waals surface area (Å²) in [6, 6.07) is 23.4. The van der Waals surface area contributed by atoms with Gasteiger partial charge >= 0.3 is 0 Å². The third kappa shape index (κ3) is 5.50. The smallest absolute Gasteiger partial charge is 0.262 e. The highest BCUT2D eigenvalue weighted by atomic mass is 35.5. The molecule has 0 aromatic heterocycles. The summed E-state index contributed by atoms with van der Waals surface area (Å²) in [7, 11) is 0. The molecule has 0 radical (unpaired) electrons. The number of hydrogen-bond acceptors (Lipinski definition) is 4. The van der Waals surface area contributed by atoms with Crippen LogP contribution in [0.1, 0.15) is 5.56 Å². The predicted octanol–water partition coefficient (Wildman–Crippen LogP) is 4.97. The second-order valence-electron chi connectivity index (χ2n) is 5.68. The molecule has 0 aliphatic heterocycles. The normalized spacial score (nSPS) is 9.93. The Hall–Kier alpha value is -3.49. The summed E-state index contributed by atoms with van der Waals surface area (Å²) in [5.41, 5.74) is 3.03. The van der Waals surface area contributed by atoms with Gasteiger partial charge in [0.05, 0.1) is 11.6 Å². The van der Waals surface area contributed by atoms with Crippen LogP contribution in [0.2, 0.25) is 5.02 Å². The molecule has 0 bridgehead atoms. The van der Waals surface area contributed by atoms with E-state index in [1.54, 1.807) is 48.5 Å². The lowest BCUT2D eigenvalue weighted by Gasteiger charge is -2.10. The number of amides is 1. The van der Waals surface area contributed by atoms with Gasteiger partial charge in [0.2, 0.25) is 0 Å². The Kier molecular flexibility index (Phi) is 5.93. The molecule has 0 saturated heterocycles. The third-order valence-corrected chi connectivity index (χ3v) is 3.91. The monoisotopic (exact) mass is 377 g/mol. The largest absolute Gasteiger partial charge is 0.484 e. The van der Waals surface area contributed by atoms with Crippen molar-refractivity contribution in [2.45, 2.75) is 0 Å². The maximum Gasteiger partial charge on any atom is 0.262 e. The van der Waals surface area contributed by atoms with Gasteiger partial charge in [0, 0.05) is 22.1 Å². The molecule has 0 heterocycles. The van der Waals surface area contributed by atoms with Gasteiger partial charge in [0.15, 0.2) is 6.61 Å². The molecule has 134 valence electrons. The second-order valence-corrected chi connectivity index (χ2v) is 6.12. The standard InChI is InChI=1S/C21H16ClN3O2/c22-16-3-11-20(12-4-16)27-14-21(26)25-19-9-7-18(8-10-19)24-17-5-1-15(13-23)2-6-17/h1-12,24H,14H2,(H,25,26). The molecule has 3 rings (SSSR count). The summed E-state index contributed by atoms with van der Waals surface area (Å²) >= 11 is 5.81. The van der Waals surface area contributed by atoms with E-state index in [1.807, 2.05) is 24.3 Å². The van der Waals surface area contributed by atoms with Gasteiger partial charge in [0.25, 0.3) is 5.91 Å². The van der Waals surface area contributed by atoms with Gasteiger partial charge < -0.3 is 15.4 Å². The van der Waals surface area contributed by atoms with Crippen molar-refractivity contribution in [2.24, 2.45) is 0 Å². The van der Waals surface area contributed by atoms with E-state index < -0.39 is 0 Å². The zero-order valence-corrected chi connectivity index (χ0v) is 15.0. The van der Waals surface area contributed by atoms with E-state index in [1.165, 1.54) is 0 Å². The van der Waals surface area contributed by atoms with Gasteiger partial charge in [-0.2, -0.15) is 5.26 Å². The van der Waals surface area contributed by atoms with Gasteiger partial charge in [-0.1, -0.05) is 11.6 Å². The van der Waals surface area contributed by atoms with E-state index >= 15 is 0 Å². The van der Waals surface area contributed by atoms with E-state index in [4.69, 9.17) is 21.6 Å². The van der Waals surface area contributed by atoms with Crippen LogP contribution in [0.25, 0.3) is 0 Å². The highest BCUT2D eigenvalue weighted by Crippen LogP contribution is 2.20. The summed E-state index contributed by atoms with van der Waals surface area (Å²) in [6.45, 7) is -0.0904. The summed E-state index contributed by atoms with van der Waals surface area (Å²) < 4.78 is 5.41. The number of rotatable bonds is 6. The lowest BCUT2D eigenvalue weighted by molar-refractivity contribution is -0.118. The van der Waals surface area contributed by atoms with Crippen LogP contribution in [-0.2, 0) is 4.79 Å². The highest BCUT2D eigenvalue weighted by molar-refractivity contribution is 6.30. The number of hydrogen-bond donors (Lipinski definition) is 2. The first-order valence-corrected chi connectivity index (χ1v) is 8.56. The fraction of sp³-hybridized carbons (Fsp3) is 0.0476. The molecule has 0 fully saturated rings. The topological polar surface area (TPSA) is 74.2 Å². The molecule has 0 aliphatic carbocycles. The third-order valence-electron chi connectivity index (χ3n) is 3.65. The Bertz CT molecular complexity index is 947. The van der Waals surface area contributed by atoms with E-state index in [0.717, 1.165) is 11.4 Å². The summed E-state index contributed by atoms with van der Waals surface area (Å²) in [6.07, 6.45) is 0. The van der Waals surface area contributed by atoms with Crippen LogP contribution in [0.3, 0.4) is 0 Å². The van der Waals surface area contributed by atoms with Crippen molar-refractivity contribution in [3.63, 3.8) is 0 Å². The van der Waals surface area contributed by atoms with Crippen molar-refractivity contribution in [1.29, 1.82) is 5.26 Å². The minimum atomic E-state index is -0.252. The quantitative estimate of drug-likeness (QED) is 0.635. The van der Waals surface area contributed by atoms with E-state index in [2.05, 4.69) is 16.7 Å². The van der Waals surface area contributed by atoms with Crippen LogP contribution in [0.4, 0.5) is 17.1 Å². The molecular formula is C21H16ClN3O2. The number of ether oxygens (including phenoxy) is 1. The Morgan fingerprint density at radius 1 is 0.889 bits per heavy atom. The number of nitriles is 1. The lowest BCUT2D eigenvalue weighted by atomic mass is 10.2. The Balaban J connectivity index is 1.51. The highest BCUT2D eigenvalue weighted by Gasteiger charge is 2.04. The zero-order chi connectivity index (χ0) is 19.1. The van der Waals surface area contributed by atoms with Gasteiger partial charge in [-0.3, -0.25) is 4.79 Å². The van der Waals surface area contributed by atoms with E-state index in [-0.39, 0.29) is 12.5 Å². The molecule has 1 amide bonds. The molecule has 3 aromatic rings. The average molecular weight is 378 g/mol. The van der Waals surface area contributed by atoms with Crippen LogP contribution in [0, 0.1) is 11.3 Å². The average Bonchev–Trinajstić information content (AvgIpc) is 2.70. The van der Waals surface area contributed by atoms with Crippen LogP contribution >= 0.6 is 11.6 Å². The molecule has 2 N–H and O–H groups in total. The van der Waals surface area contributed by atoms with E-state index in [0.29, 0.717) is 22.0 Å². The summed E-state index contributed by atoms with van der Waals surface area (Å²) in [4.78, 5) is 12.0. The van der Waals surface area contributed by atoms with Crippen molar-refractivity contribution >= 4 is 34.6 Å².